The van der Waals surface area contributed by atoms with Gasteiger partial charge in [-0.2, -0.15) is 0 Å². The molecule has 8 heteroatoms. The highest BCUT2D eigenvalue weighted by molar-refractivity contribution is 9.10. The number of rotatable bonds is 3. The van der Waals surface area contributed by atoms with Gasteiger partial charge in [0, 0.05) is 10.5 Å². The van der Waals surface area contributed by atoms with Gasteiger partial charge in [-0.1, -0.05) is 5.16 Å². The van der Waals surface area contributed by atoms with Gasteiger partial charge in [-0.3, -0.25) is 4.79 Å². The zero-order valence-corrected chi connectivity index (χ0v) is 11.3. The number of ether oxygens (including phenoxy) is 2. The number of hydrogen-bond acceptors (Lipinski definition) is 6. The first-order chi connectivity index (χ1) is 9.61. The maximum atomic E-state index is 11.0. The minimum atomic E-state index is -1.22. The van der Waals surface area contributed by atoms with Gasteiger partial charge in [-0.05, 0) is 22.0 Å². The van der Waals surface area contributed by atoms with E-state index in [1.165, 1.54) is 6.07 Å². The van der Waals surface area contributed by atoms with Crippen molar-refractivity contribution < 1.29 is 28.7 Å². The molecule has 1 aliphatic heterocycles. The van der Waals surface area contributed by atoms with Crippen LogP contribution in [0.3, 0.4) is 0 Å². The van der Waals surface area contributed by atoms with Gasteiger partial charge in [0.05, 0.1) is 11.1 Å². The summed E-state index contributed by atoms with van der Waals surface area (Å²) in [4.78, 5) is 21.8. The van der Waals surface area contributed by atoms with Crippen molar-refractivity contribution >= 4 is 28.2 Å². The second kappa shape index (κ2) is 4.64. The summed E-state index contributed by atoms with van der Waals surface area (Å²) in [6.45, 7) is -0.0245. The molecule has 1 aromatic carbocycles. The third-order valence-electron chi connectivity index (χ3n) is 2.73. The van der Waals surface area contributed by atoms with Gasteiger partial charge in [0.1, 0.15) is 5.69 Å². The molecule has 7 nitrogen and oxygen atoms in total. The predicted molar refractivity (Wildman–Crippen MR) is 68.1 cm³/mol. The Bertz CT molecular complexity index is 723. The van der Waals surface area contributed by atoms with Crippen molar-refractivity contribution in [3.63, 3.8) is 0 Å². The van der Waals surface area contributed by atoms with Crippen LogP contribution in [0.15, 0.2) is 21.1 Å². The van der Waals surface area contributed by atoms with Gasteiger partial charge >= 0.3 is 5.97 Å². The summed E-state index contributed by atoms with van der Waals surface area (Å²) in [6.07, 6.45) is 0.646. The van der Waals surface area contributed by atoms with E-state index in [-0.39, 0.29) is 18.2 Å². The lowest BCUT2D eigenvalue weighted by atomic mass is 10.1. The normalized spacial score (nSPS) is 12.4. The third-order valence-corrected chi connectivity index (χ3v) is 3.35. The number of nitrogens with zero attached hydrogens (tertiary/aromatic N) is 1. The Kier molecular flexibility index (Phi) is 2.94. The molecule has 1 aromatic heterocycles. The van der Waals surface area contributed by atoms with E-state index in [2.05, 4.69) is 21.1 Å². The number of fused-ring (bicyclic) bond motifs is 1. The summed E-state index contributed by atoms with van der Waals surface area (Å²) in [5.74, 6) is -0.887. The summed E-state index contributed by atoms with van der Waals surface area (Å²) in [6, 6.07) is 2.82. The Morgan fingerprint density at radius 3 is 2.75 bits per heavy atom. The average Bonchev–Trinajstić information content (AvgIpc) is 3.06. The Balaban J connectivity index is 2.21. The summed E-state index contributed by atoms with van der Waals surface area (Å²) in [7, 11) is 0. The van der Waals surface area contributed by atoms with Crippen molar-refractivity contribution in [2.24, 2.45) is 0 Å². The average molecular weight is 340 g/mol. The number of aldehydes is 1. The van der Waals surface area contributed by atoms with Crippen molar-refractivity contribution in [2.45, 2.75) is 0 Å². The standard InChI is InChI=1S/C12H6BrNO6/c13-6-1-5(3-15)10-11(19-4-18-10)9(6)7-2-8(12(16)17)20-14-7/h1-3H,4H2,(H,16,17). The molecule has 2 heterocycles. The van der Waals surface area contributed by atoms with Gasteiger partial charge in [-0.25, -0.2) is 4.79 Å². The molecule has 0 radical (unpaired) electrons. The first-order valence-corrected chi connectivity index (χ1v) is 6.18. The fourth-order valence-corrected chi connectivity index (χ4v) is 2.51. The van der Waals surface area contributed by atoms with Gasteiger partial charge < -0.3 is 19.1 Å². The maximum absolute atomic E-state index is 11.0. The van der Waals surface area contributed by atoms with Crippen molar-refractivity contribution in [2.75, 3.05) is 6.79 Å². The van der Waals surface area contributed by atoms with Crippen molar-refractivity contribution in [3.8, 4) is 22.8 Å². The Labute approximate surface area is 120 Å². The summed E-state index contributed by atoms with van der Waals surface area (Å²) in [5.41, 5.74) is 1.07. The molecule has 0 unspecified atom stereocenters. The molecule has 1 N–H and O–H groups in total. The van der Waals surface area contributed by atoms with Crippen LogP contribution >= 0.6 is 15.9 Å². The molecule has 20 heavy (non-hydrogen) atoms. The number of halogens is 1. The van der Waals surface area contributed by atoms with Crippen LogP contribution in [0.4, 0.5) is 0 Å². The van der Waals surface area contributed by atoms with Crippen LogP contribution in [0.1, 0.15) is 20.9 Å². The van der Waals surface area contributed by atoms with Crippen LogP contribution in [-0.4, -0.2) is 29.3 Å². The van der Waals surface area contributed by atoms with Crippen LogP contribution in [0.2, 0.25) is 0 Å². The molecule has 0 saturated carbocycles. The fourth-order valence-electron chi connectivity index (χ4n) is 1.88. The number of aromatic nitrogens is 1. The van der Waals surface area contributed by atoms with E-state index in [0.717, 1.165) is 0 Å². The first kappa shape index (κ1) is 12.7. The molecular formula is C12H6BrNO6. The molecule has 0 aliphatic carbocycles. The Morgan fingerprint density at radius 1 is 1.35 bits per heavy atom. The van der Waals surface area contributed by atoms with Gasteiger partial charge in [0.15, 0.2) is 17.8 Å². The lowest BCUT2D eigenvalue weighted by molar-refractivity contribution is 0.0652. The minimum Gasteiger partial charge on any atom is -0.475 e. The molecule has 0 bridgehead atoms. The highest BCUT2D eigenvalue weighted by atomic mass is 79.9. The molecule has 1 aliphatic rings. The number of hydrogen-bond donors (Lipinski definition) is 1. The molecule has 0 saturated heterocycles. The quantitative estimate of drug-likeness (QED) is 0.856. The van der Waals surface area contributed by atoms with E-state index in [9.17, 15) is 9.59 Å². The van der Waals surface area contributed by atoms with Crippen LogP contribution in [-0.2, 0) is 0 Å². The summed E-state index contributed by atoms with van der Waals surface area (Å²) < 4.78 is 15.8. The second-order valence-corrected chi connectivity index (χ2v) is 4.74. The largest absolute Gasteiger partial charge is 0.475 e. The highest BCUT2D eigenvalue weighted by Crippen LogP contribution is 2.47. The van der Waals surface area contributed by atoms with E-state index in [4.69, 9.17) is 19.1 Å². The van der Waals surface area contributed by atoms with Crippen molar-refractivity contribution in [3.05, 3.63) is 27.9 Å². The van der Waals surface area contributed by atoms with Crippen LogP contribution < -0.4 is 9.47 Å². The first-order valence-electron chi connectivity index (χ1n) is 5.39. The minimum absolute atomic E-state index is 0.0245. The fraction of sp³-hybridized carbons (Fsp3) is 0.0833. The van der Waals surface area contributed by atoms with Gasteiger partial charge in [0.2, 0.25) is 12.6 Å². The lowest BCUT2D eigenvalue weighted by Crippen LogP contribution is -1.94. The number of carboxylic acids is 1. The third kappa shape index (κ3) is 1.85. The van der Waals surface area contributed by atoms with Gasteiger partial charge in [-0.15, -0.1) is 0 Å². The molecule has 0 fully saturated rings. The molecule has 3 rings (SSSR count). The molecule has 0 atom stereocenters. The Hall–Kier alpha value is -2.35. The van der Waals surface area contributed by atoms with E-state index in [1.807, 2.05) is 0 Å². The SMILES string of the molecule is O=Cc1cc(Br)c(-c2cc(C(=O)O)on2)c2c1OCO2. The monoisotopic (exact) mass is 339 g/mol. The van der Waals surface area contributed by atoms with E-state index >= 15 is 0 Å². The number of carbonyl (C=O) groups is 2. The van der Waals surface area contributed by atoms with E-state index in [0.29, 0.717) is 33.4 Å². The molecule has 0 spiro atoms. The summed E-state index contributed by atoms with van der Waals surface area (Å²) in [5, 5.41) is 12.5. The van der Waals surface area contributed by atoms with Crippen LogP contribution in [0, 0.1) is 0 Å². The summed E-state index contributed by atoms with van der Waals surface area (Å²) >= 11 is 3.30. The predicted octanol–water partition coefficient (Wildman–Crippen LogP) is 2.34. The lowest BCUT2D eigenvalue weighted by Gasteiger charge is -2.07. The number of benzene rings is 1. The second-order valence-electron chi connectivity index (χ2n) is 3.89. The zero-order valence-electron chi connectivity index (χ0n) is 9.75. The number of carboxylic acid groups (broad SMARTS) is 1. The van der Waals surface area contributed by atoms with Gasteiger partial charge in [0.25, 0.3) is 0 Å². The molecule has 0 amide bonds. The van der Waals surface area contributed by atoms with Crippen molar-refractivity contribution in [1.82, 2.24) is 5.16 Å². The highest BCUT2D eigenvalue weighted by Gasteiger charge is 2.27. The maximum Gasteiger partial charge on any atom is 0.374 e. The topological polar surface area (TPSA) is 98.9 Å². The van der Waals surface area contributed by atoms with E-state index < -0.39 is 5.97 Å². The zero-order chi connectivity index (χ0) is 14.3. The van der Waals surface area contributed by atoms with Crippen LogP contribution in [0.5, 0.6) is 11.5 Å². The molecular weight excluding hydrogens is 334 g/mol. The number of carbonyl (C=O) groups excluding carboxylic acids is 1. The number of aromatic carboxylic acids is 1. The smallest absolute Gasteiger partial charge is 0.374 e. The van der Waals surface area contributed by atoms with Crippen LogP contribution in [0.25, 0.3) is 11.3 Å². The molecule has 2 aromatic rings. The van der Waals surface area contributed by atoms with Crippen molar-refractivity contribution in [1.29, 1.82) is 0 Å². The van der Waals surface area contributed by atoms with E-state index in [1.54, 1.807) is 6.07 Å². The molecule has 102 valence electrons. The Morgan fingerprint density at radius 2 is 2.10 bits per heavy atom.